The van der Waals surface area contributed by atoms with Gasteiger partial charge in [0.15, 0.2) is 0 Å². The summed E-state index contributed by atoms with van der Waals surface area (Å²) in [6.07, 6.45) is 1.28. The fourth-order valence-corrected chi connectivity index (χ4v) is 3.99. The molecular weight excluding hydrogens is 420 g/mol. The van der Waals surface area contributed by atoms with Crippen molar-refractivity contribution in [2.24, 2.45) is 0 Å². The molecule has 4 rings (SSSR count). The second-order valence-corrected chi connectivity index (χ2v) is 7.97. The van der Waals surface area contributed by atoms with Crippen LogP contribution in [-0.2, 0) is 4.79 Å². The molecule has 2 amide bonds. The first-order valence-electron chi connectivity index (χ1n) is 10.7. The van der Waals surface area contributed by atoms with Gasteiger partial charge in [0.05, 0.1) is 4.92 Å². The lowest BCUT2D eigenvalue weighted by Crippen LogP contribution is -2.43. The zero-order chi connectivity index (χ0) is 23.4. The van der Waals surface area contributed by atoms with E-state index >= 15 is 0 Å². The molecule has 0 spiro atoms. The summed E-state index contributed by atoms with van der Waals surface area (Å²) in [5.74, 6) is -0.545. The van der Waals surface area contributed by atoms with Crippen molar-refractivity contribution in [2.75, 3.05) is 17.2 Å². The van der Waals surface area contributed by atoms with Crippen LogP contribution in [0.3, 0.4) is 0 Å². The van der Waals surface area contributed by atoms with E-state index in [2.05, 4.69) is 10.6 Å². The third-order valence-corrected chi connectivity index (χ3v) is 5.67. The lowest BCUT2D eigenvalue weighted by Gasteiger charge is -2.24. The maximum absolute atomic E-state index is 13.0. The van der Waals surface area contributed by atoms with Crippen molar-refractivity contribution in [1.29, 1.82) is 0 Å². The number of nitro benzene ring substituents is 1. The van der Waals surface area contributed by atoms with Gasteiger partial charge >= 0.3 is 0 Å². The molecule has 0 aromatic heterocycles. The standard InChI is InChI=1S/C25H24N4O4/c1-17-16-18(9-14-22(17)29(32)33)25(31)28-15-5-8-23(28)24(30)27-21-12-10-20(11-13-21)26-19-6-3-2-4-7-19/h2-4,6-7,9-14,16,23,26H,5,8,15H2,1H3,(H,27,30). The Morgan fingerprint density at radius 1 is 0.970 bits per heavy atom. The SMILES string of the molecule is Cc1cc(C(=O)N2CCCC2C(=O)Nc2ccc(Nc3ccccc3)cc2)ccc1[N+](=O)[O-]. The van der Waals surface area contributed by atoms with E-state index in [0.29, 0.717) is 29.8 Å². The summed E-state index contributed by atoms with van der Waals surface area (Å²) in [5, 5.41) is 17.2. The Labute approximate surface area is 191 Å². The number of nitrogens with zero attached hydrogens (tertiary/aromatic N) is 2. The maximum Gasteiger partial charge on any atom is 0.272 e. The molecule has 1 unspecified atom stereocenters. The minimum atomic E-state index is -0.588. The van der Waals surface area contributed by atoms with E-state index in [1.807, 2.05) is 54.6 Å². The van der Waals surface area contributed by atoms with Gasteiger partial charge in [-0.25, -0.2) is 0 Å². The molecule has 2 N–H and O–H groups in total. The highest BCUT2D eigenvalue weighted by molar-refractivity contribution is 6.01. The van der Waals surface area contributed by atoms with E-state index in [4.69, 9.17) is 0 Å². The third kappa shape index (κ3) is 5.01. The van der Waals surface area contributed by atoms with Crippen molar-refractivity contribution in [3.05, 3.63) is 94.0 Å². The molecule has 3 aromatic rings. The van der Waals surface area contributed by atoms with Gasteiger partial charge in [-0.15, -0.1) is 0 Å². The minimum Gasteiger partial charge on any atom is -0.356 e. The van der Waals surface area contributed by atoms with Gasteiger partial charge in [-0.2, -0.15) is 0 Å². The highest BCUT2D eigenvalue weighted by Gasteiger charge is 2.35. The second-order valence-electron chi connectivity index (χ2n) is 7.97. The molecule has 1 aliphatic rings. The van der Waals surface area contributed by atoms with Crippen LogP contribution >= 0.6 is 0 Å². The molecule has 8 nitrogen and oxygen atoms in total. The highest BCUT2D eigenvalue weighted by atomic mass is 16.6. The fraction of sp³-hybridized carbons (Fsp3) is 0.200. The molecular formula is C25H24N4O4. The smallest absolute Gasteiger partial charge is 0.272 e. The van der Waals surface area contributed by atoms with Crippen LogP contribution in [0.1, 0.15) is 28.8 Å². The Balaban J connectivity index is 1.42. The van der Waals surface area contributed by atoms with E-state index in [-0.39, 0.29) is 17.5 Å². The molecule has 0 saturated carbocycles. The van der Waals surface area contributed by atoms with E-state index in [9.17, 15) is 19.7 Å². The third-order valence-electron chi connectivity index (χ3n) is 5.67. The zero-order valence-corrected chi connectivity index (χ0v) is 18.2. The molecule has 1 heterocycles. The summed E-state index contributed by atoms with van der Waals surface area (Å²) < 4.78 is 0. The van der Waals surface area contributed by atoms with Gasteiger partial charge < -0.3 is 15.5 Å². The number of nitro groups is 1. The van der Waals surface area contributed by atoms with E-state index in [1.165, 1.54) is 18.2 Å². The van der Waals surface area contributed by atoms with Crippen LogP contribution in [0, 0.1) is 17.0 Å². The molecule has 1 atom stereocenters. The number of carbonyl (C=O) groups excluding carboxylic acids is 2. The second kappa shape index (κ2) is 9.52. The number of para-hydroxylation sites is 1. The molecule has 0 aliphatic carbocycles. The number of hydrogen-bond donors (Lipinski definition) is 2. The van der Waals surface area contributed by atoms with Crippen LogP contribution in [0.5, 0.6) is 0 Å². The van der Waals surface area contributed by atoms with Crippen LogP contribution in [0.4, 0.5) is 22.7 Å². The Bertz CT molecular complexity index is 1180. The maximum atomic E-state index is 13.0. The molecule has 8 heteroatoms. The molecule has 1 fully saturated rings. The van der Waals surface area contributed by atoms with Gasteiger partial charge in [-0.05, 0) is 68.3 Å². The minimum absolute atomic E-state index is 0.0348. The average molecular weight is 444 g/mol. The Hall–Kier alpha value is -4.20. The van der Waals surface area contributed by atoms with Crippen LogP contribution in [-0.4, -0.2) is 34.2 Å². The van der Waals surface area contributed by atoms with Gasteiger partial charge in [0, 0.05) is 40.8 Å². The van der Waals surface area contributed by atoms with E-state index < -0.39 is 11.0 Å². The molecule has 1 saturated heterocycles. The van der Waals surface area contributed by atoms with Gasteiger partial charge in [0.2, 0.25) is 5.91 Å². The first kappa shape index (κ1) is 22.0. The molecule has 0 radical (unpaired) electrons. The van der Waals surface area contributed by atoms with E-state index in [0.717, 1.165) is 17.8 Å². The van der Waals surface area contributed by atoms with Crippen LogP contribution in [0.2, 0.25) is 0 Å². The number of benzene rings is 3. The Kier molecular flexibility index (Phi) is 6.35. The van der Waals surface area contributed by atoms with Crippen LogP contribution in [0.25, 0.3) is 0 Å². The number of amides is 2. The van der Waals surface area contributed by atoms with Gasteiger partial charge in [-0.3, -0.25) is 19.7 Å². The van der Waals surface area contributed by atoms with E-state index in [1.54, 1.807) is 11.8 Å². The van der Waals surface area contributed by atoms with Crippen molar-refractivity contribution < 1.29 is 14.5 Å². The molecule has 33 heavy (non-hydrogen) atoms. The molecule has 0 bridgehead atoms. The zero-order valence-electron chi connectivity index (χ0n) is 18.2. The predicted molar refractivity (Wildman–Crippen MR) is 127 cm³/mol. The van der Waals surface area contributed by atoms with Gasteiger partial charge in [-0.1, -0.05) is 18.2 Å². The van der Waals surface area contributed by atoms with Crippen molar-refractivity contribution in [1.82, 2.24) is 4.90 Å². The summed E-state index contributed by atoms with van der Waals surface area (Å²) in [6.45, 7) is 2.06. The van der Waals surface area contributed by atoms with Gasteiger partial charge in [0.1, 0.15) is 6.04 Å². The van der Waals surface area contributed by atoms with Gasteiger partial charge in [0.25, 0.3) is 11.6 Å². The summed E-state index contributed by atoms with van der Waals surface area (Å²) in [6, 6.07) is 20.8. The topological polar surface area (TPSA) is 105 Å². The fourth-order valence-electron chi connectivity index (χ4n) is 3.99. The van der Waals surface area contributed by atoms with Crippen LogP contribution in [0.15, 0.2) is 72.8 Å². The quantitative estimate of drug-likeness (QED) is 0.416. The summed E-state index contributed by atoms with van der Waals surface area (Å²) in [7, 11) is 0. The predicted octanol–water partition coefficient (Wildman–Crippen LogP) is 4.89. The average Bonchev–Trinajstić information content (AvgIpc) is 3.30. The lowest BCUT2D eigenvalue weighted by molar-refractivity contribution is -0.385. The number of nitrogens with one attached hydrogen (secondary N) is 2. The largest absolute Gasteiger partial charge is 0.356 e. The van der Waals surface area contributed by atoms with Crippen LogP contribution < -0.4 is 10.6 Å². The summed E-state index contributed by atoms with van der Waals surface area (Å²) >= 11 is 0. The number of carbonyl (C=O) groups is 2. The molecule has 168 valence electrons. The summed E-state index contributed by atoms with van der Waals surface area (Å²) in [4.78, 5) is 38.1. The first-order valence-corrected chi connectivity index (χ1v) is 10.7. The lowest BCUT2D eigenvalue weighted by atomic mass is 10.1. The van der Waals surface area contributed by atoms with Crippen molar-refractivity contribution in [3.63, 3.8) is 0 Å². The number of anilines is 3. The number of likely N-dealkylation sites (tertiary alicyclic amines) is 1. The number of rotatable bonds is 6. The highest BCUT2D eigenvalue weighted by Crippen LogP contribution is 2.25. The Morgan fingerprint density at radius 2 is 1.64 bits per heavy atom. The normalized spacial score (nSPS) is 15.2. The number of aryl methyl sites for hydroxylation is 1. The molecule has 1 aliphatic heterocycles. The van der Waals surface area contributed by atoms with Crippen molar-refractivity contribution in [2.45, 2.75) is 25.8 Å². The molecule has 3 aromatic carbocycles. The number of hydrogen-bond acceptors (Lipinski definition) is 5. The monoisotopic (exact) mass is 444 g/mol. The van der Waals surface area contributed by atoms with Crippen molar-refractivity contribution in [3.8, 4) is 0 Å². The first-order chi connectivity index (χ1) is 15.9. The summed E-state index contributed by atoms with van der Waals surface area (Å²) in [5.41, 5.74) is 3.22. The Morgan fingerprint density at radius 3 is 2.30 bits per heavy atom. The van der Waals surface area contributed by atoms with Crippen molar-refractivity contribution >= 4 is 34.6 Å².